The number of pyridine rings is 2. The summed E-state index contributed by atoms with van der Waals surface area (Å²) in [6.45, 7) is 1.85. The summed E-state index contributed by atoms with van der Waals surface area (Å²) in [6, 6.07) is 9.99. The average molecular weight is 410 g/mol. The predicted octanol–water partition coefficient (Wildman–Crippen LogP) is 3.19. The van der Waals surface area contributed by atoms with Gasteiger partial charge in [-0.3, -0.25) is 14.2 Å². The SMILES string of the molecule is CN1C(=O)C2(CCNCC2)C[C@H]1Cc1cccc(-c2cnc3ccc(Cl)cn23)n1. The van der Waals surface area contributed by atoms with Crippen molar-refractivity contribution in [2.24, 2.45) is 5.41 Å². The molecule has 2 aliphatic rings. The van der Waals surface area contributed by atoms with E-state index in [1.807, 2.05) is 59.1 Å². The zero-order valence-electron chi connectivity index (χ0n) is 16.4. The summed E-state index contributed by atoms with van der Waals surface area (Å²) < 4.78 is 1.96. The van der Waals surface area contributed by atoms with Gasteiger partial charge in [-0.25, -0.2) is 4.98 Å². The fourth-order valence-corrected chi connectivity index (χ4v) is 5.03. The van der Waals surface area contributed by atoms with Crippen LogP contribution in [0.1, 0.15) is 25.0 Å². The molecular weight excluding hydrogens is 386 g/mol. The first-order chi connectivity index (χ1) is 14.1. The molecule has 7 heteroatoms. The first-order valence-corrected chi connectivity index (χ1v) is 10.5. The number of halogens is 1. The lowest BCUT2D eigenvalue weighted by molar-refractivity contribution is -0.136. The number of likely N-dealkylation sites (N-methyl/N-ethyl adjacent to an activating group) is 1. The lowest BCUT2D eigenvalue weighted by Gasteiger charge is -2.31. The summed E-state index contributed by atoms with van der Waals surface area (Å²) in [5.41, 5.74) is 3.43. The van der Waals surface area contributed by atoms with Gasteiger partial charge in [0.25, 0.3) is 0 Å². The average Bonchev–Trinajstić information content (AvgIpc) is 3.24. The lowest BCUT2D eigenvalue weighted by Crippen LogP contribution is -2.42. The van der Waals surface area contributed by atoms with Crippen molar-refractivity contribution in [1.29, 1.82) is 0 Å². The Kier molecular flexibility index (Phi) is 4.56. The normalized spacial score (nSPS) is 21.4. The van der Waals surface area contributed by atoms with Crippen molar-refractivity contribution in [2.75, 3.05) is 20.1 Å². The molecule has 1 amide bonds. The molecule has 29 heavy (non-hydrogen) atoms. The van der Waals surface area contributed by atoms with E-state index in [2.05, 4.69) is 10.3 Å². The molecule has 5 rings (SSSR count). The van der Waals surface area contributed by atoms with Crippen LogP contribution in [0.2, 0.25) is 5.02 Å². The van der Waals surface area contributed by atoms with Crippen molar-refractivity contribution in [3.63, 3.8) is 0 Å². The van der Waals surface area contributed by atoms with Gasteiger partial charge in [0, 0.05) is 31.4 Å². The maximum atomic E-state index is 13.0. The number of fused-ring (bicyclic) bond motifs is 1. The van der Waals surface area contributed by atoms with Crippen LogP contribution in [0.3, 0.4) is 0 Å². The Morgan fingerprint density at radius 1 is 1.24 bits per heavy atom. The van der Waals surface area contributed by atoms with Gasteiger partial charge in [0.05, 0.1) is 28.0 Å². The van der Waals surface area contributed by atoms with E-state index in [9.17, 15) is 4.79 Å². The molecule has 0 unspecified atom stereocenters. The van der Waals surface area contributed by atoms with Crippen LogP contribution in [0.5, 0.6) is 0 Å². The smallest absolute Gasteiger partial charge is 0.228 e. The molecule has 1 atom stereocenters. The second-order valence-electron chi connectivity index (χ2n) is 8.24. The Morgan fingerprint density at radius 2 is 2.07 bits per heavy atom. The Morgan fingerprint density at radius 3 is 2.90 bits per heavy atom. The molecule has 3 aromatic heterocycles. The Bertz CT molecular complexity index is 1070. The molecule has 5 heterocycles. The molecule has 0 bridgehead atoms. The van der Waals surface area contributed by atoms with Crippen LogP contribution < -0.4 is 5.32 Å². The van der Waals surface area contributed by atoms with Gasteiger partial charge >= 0.3 is 0 Å². The highest BCUT2D eigenvalue weighted by molar-refractivity contribution is 6.30. The number of aromatic nitrogens is 3. The monoisotopic (exact) mass is 409 g/mol. The second kappa shape index (κ2) is 7.11. The number of hydrogen-bond donors (Lipinski definition) is 1. The third-order valence-electron chi connectivity index (χ3n) is 6.49. The lowest BCUT2D eigenvalue weighted by atomic mass is 9.76. The van der Waals surface area contributed by atoms with Crippen molar-refractivity contribution in [3.8, 4) is 11.4 Å². The van der Waals surface area contributed by atoms with Crippen molar-refractivity contribution in [1.82, 2.24) is 24.6 Å². The molecule has 150 valence electrons. The van der Waals surface area contributed by atoms with E-state index >= 15 is 0 Å². The molecule has 1 spiro atoms. The molecule has 2 saturated heterocycles. The van der Waals surface area contributed by atoms with Crippen LogP contribution in [0.4, 0.5) is 0 Å². The van der Waals surface area contributed by atoms with E-state index in [1.54, 1.807) is 0 Å². The topological polar surface area (TPSA) is 62.5 Å². The number of amides is 1. The highest BCUT2D eigenvalue weighted by atomic mass is 35.5. The van der Waals surface area contributed by atoms with E-state index in [0.717, 1.165) is 61.5 Å². The third-order valence-corrected chi connectivity index (χ3v) is 6.72. The second-order valence-corrected chi connectivity index (χ2v) is 8.68. The summed E-state index contributed by atoms with van der Waals surface area (Å²) in [4.78, 5) is 24.3. The molecule has 6 nitrogen and oxygen atoms in total. The zero-order valence-corrected chi connectivity index (χ0v) is 17.2. The van der Waals surface area contributed by atoms with Gasteiger partial charge in [-0.2, -0.15) is 0 Å². The van der Waals surface area contributed by atoms with Crippen molar-refractivity contribution in [2.45, 2.75) is 31.7 Å². The summed E-state index contributed by atoms with van der Waals surface area (Å²) in [6.07, 6.45) is 7.24. The molecule has 1 N–H and O–H groups in total. The quantitative estimate of drug-likeness (QED) is 0.721. The van der Waals surface area contributed by atoms with E-state index in [4.69, 9.17) is 16.6 Å². The van der Waals surface area contributed by atoms with Crippen LogP contribution in [0, 0.1) is 5.41 Å². The van der Waals surface area contributed by atoms with Gasteiger partial charge in [0.1, 0.15) is 5.65 Å². The van der Waals surface area contributed by atoms with Gasteiger partial charge < -0.3 is 10.2 Å². The third kappa shape index (κ3) is 3.20. The van der Waals surface area contributed by atoms with Gasteiger partial charge in [-0.15, -0.1) is 0 Å². The summed E-state index contributed by atoms with van der Waals surface area (Å²) in [5, 5.41) is 4.04. The van der Waals surface area contributed by atoms with Gasteiger partial charge in [0.2, 0.25) is 5.91 Å². The minimum atomic E-state index is -0.180. The molecule has 0 aromatic carbocycles. The maximum absolute atomic E-state index is 13.0. The molecule has 0 aliphatic carbocycles. The van der Waals surface area contributed by atoms with Crippen molar-refractivity contribution >= 4 is 23.2 Å². The van der Waals surface area contributed by atoms with Gasteiger partial charge in [-0.05, 0) is 56.6 Å². The number of rotatable bonds is 3. The minimum Gasteiger partial charge on any atom is -0.342 e. The predicted molar refractivity (Wildman–Crippen MR) is 113 cm³/mol. The number of nitrogens with one attached hydrogen (secondary N) is 1. The standard InChI is InChI=1S/C22H24ClN5O/c1-27-17(12-22(21(27)29)7-9-24-10-8-22)11-16-3-2-4-18(26-16)19-13-25-20-6-5-15(23)14-28(19)20/h2-6,13-14,17,24H,7-12H2,1H3/t17-/m1/s1. The zero-order chi connectivity index (χ0) is 20.0. The molecule has 2 fully saturated rings. The summed E-state index contributed by atoms with van der Waals surface area (Å²) in [7, 11) is 1.94. The molecule has 0 saturated carbocycles. The van der Waals surface area contributed by atoms with E-state index in [-0.39, 0.29) is 11.5 Å². The van der Waals surface area contributed by atoms with Crippen LogP contribution in [-0.2, 0) is 11.2 Å². The molecule has 3 aromatic rings. The highest BCUT2D eigenvalue weighted by Gasteiger charge is 2.50. The highest BCUT2D eigenvalue weighted by Crippen LogP contribution is 2.43. The van der Waals surface area contributed by atoms with Gasteiger partial charge in [-0.1, -0.05) is 17.7 Å². The number of hydrogen-bond acceptors (Lipinski definition) is 4. The van der Waals surface area contributed by atoms with Crippen LogP contribution >= 0.6 is 11.6 Å². The number of carbonyl (C=O) groups is 1. The van der Waals surface area contributed by atoms with Gasteiger partial charge in [0.15, 0.2) is 0 Å². The molecular formula is C22H24ClN5O. The summed E-state index contributed by atoms with van der Waals surface area (Å²) in [5.74, 6) is 0.302. The Balaban J connectivity index is 1.42. The Labute approximate surface area is 174 Å². The Hall–Kier alpha value is -2.44. The fraction of sp³-hybridized carbons (Fsp3) is 0.409. The number of imidazole rings is 1. The minimum absolute atomic E-state index is 0.180. The van der Waals surface area contributed by atoms with Crippen LogP contribution in [-0.4, -0.2) is 51.4 Å². The van der Waals surface area contributed by atoms with E-state index in [1.165, 1.54) is 0 Å². The van der Waals surface area contributed by atoms with E-state index < -0.39 is 0 Å². The first kappa shape index (κ1) is 18.6. The molecule has 0 radical (unpaired) electrons. The molecule has 2 aliphatic heterocycles. The largest absolute Gasteiger partial charge is 0.342 e. The van der Waals surface area contributed by atoms with Crippen LogP contribution in [0.15, 0.2) is 42.7 Å². The first-order valence-electron chi connectivity index (χ1n) is 10.1. The number of carbonyl (C=O) groups excluding carboxylic acids is 1. The number of piperidine rings is 1. The maximum Gasteiger partial charge on any atom is 0.228 e. The van der Waals surface area contributed by atoms with E-state index in [0.29, 0.717) is 10.9 Å². The number of likely N-dealkylation sites (tertiary alicyclic amines) is 1. The van der Waals surface area contributed by atoms with Crippen molar-refractivity contribution < 1.29 is 4.79 Å². The summed E-state index contributed by atoms with van der Waals surface area (Å²) >= 11 is 6.17. The number of nitrogens with zero attached hydrogens (tertiary/aromatic N) is 4. The van der Waals surface area contributed by atoms with Crippen molar-refractivity contribution in [3.05, 3.63) is 53.4 Å². The fourth-order valence-electron chi connectivity index (χ4n) is 4.87. The van der Waals surface area contributed by atoms with Crippen LogP contribution in [0.25, 0.3) is 17.0 Å².